The molecule has 3 aromatic rings. The maximum atomic E-state index is 7.97. The van der Waals surface area contributed by atoms with Crippen LogP contribution in [0.25, 0.3) is 0 Å². The van der Waals surface area contributed by atoms with E-state index in [1.165, 1.54) is 0 Å². The van der Waals surface area contributed by atoms with Crippen LogP contribution in [0.3, 0.4) is 0 Å². The molecule has 4 aliphatic heterocycles. The number of hydrazone groups is 3. The molecule has 7 rings (SSSR count). The number of rotatable bonds is 3. The van der Waals surface area contributed by atoms with E-state index >= 15 is 0 Å². The summed E-state index contributed by atoms with van der Waals surface area (Å²) in [5.74, 6) is 2.25. The van der Waals surface area contributed by atoms with Crippen molar-refractivity contribution in [1.82, 2.24) is 23.2 Å². The van der Waals surface area contributed by atoms with E-state index < -0.39 is 14.1 Å². The predicted molar refractivity (Wildman–Crippen MR) is 148 cm³/mol. The van der Waals surface area contributed by atoms with E-state index in [1.54, 1.807) is 0 Å². The molecule has 0 aliphatic carbocycles. The zero-order valence-electron chi connectivity index (χ0n) is 20.0. The zero-order valence-corrected chi connectivity index (χ0v) is 22.5. The van der Waals surface area contributed by atoms with E-state index in [0.717, 1.165) is 28.4 Å². The van der Waals surface area contributed by atoms with Crippen molar-refractivity contribution < 1.29 is 0 Å². The number of fused-ring (bicyclic) bond motifs is 2. The number of hydrogen-bond donors (Lipinski definition) is 0. The van der Waals surface area contributed by atoms with Crippen LogP contribution >= 0.6 is 25.3 Å². The van der Waals surface area contributed by atoms with Gasteiger partial charge in [-0.2, -0.15) is 0 Å². The van der Waals surface area contributed by atoms with Crippen molar-refractivity contribution in [2.24, 2.45) is 20.0 Å². The fraction of sp³-hybridized carbons (Fsp3) is 0.125. The monoisotopic (exact) mass is 535 g/mol. The molecule has 0 radical (unpaired) electrons. The molecule has 12 heteroatoms. The van der Waals surface area contributed by atoms with Crippen molar-refractivity contribution in [3.8, 4) is 0 Å². The first-order valence-corrected chi connectivity index (χ1v) is 16.1. The minimum absolute atomic E-state index is 0.678. The summed E-state index contributed by atoms with van der Waals surface area (Å²) >= 11 is 7.97. The molecule has 0 amide bonds. The number of halogens is 1. The van der Waals surface area contributed by atoms with E-state index in [1.807, 2.05) is 102 Å². The number of hydrogen-bond acceptors (Lipinski definition) is 9. The Kier molecular flexibility index (Phi) is 4.31. The Bertz CT molecular complexity index is 1460. The molecule has 0 atom stereocenters. The Morgan fingerprint density at radius 1 is 0.611 bits per heavy atom. The number of benzene rings is 3. The van der Waals surface area contributed by atoms with E-state index in [2.05, 4.69) is 33.1 Å². The molecule has 1 saturated heterocycles. The van der Waals surface area contributed by atoms with Gasteiger partial charge in [-0.05, 0) is 0 Å². The van der Waals surface area contributed by atoms with Crippen LogP contribution in [0.4, 0.5) is 0 Å². The summed E-state index contributed by atoms with van der Waals surface area (Å²) in [6.07, 6.45) is 0. The topological polar surface area (TPSA) is 65.6 Å². The Balaban J connectivity index is 1.50. The molecule has 0 aromatic heterocycles. The summed E-state index contributed by atoms with van der Waals surface area (Å²) in [4.78, 5) is 0. The Labute approximate surface area is 214 Å². The molecule has 0 saturated carbocycles. The van der Waals surface area contributed by atoms with Gasteiger partial charge in [0, 0.05) is 0 Å². The molecule has 0 unspecified atom stereocenters. The molecule has 4 aliphatic rings. The second-order valence-corrected chi connectivity index (χ2v) is 17.6. The van der Waals surface area contributed by atoms with Crippen molar-refractivity contribution in [3.63, 3.8) is 0 Å². The Hall–Kier alpha value is -3.38. The summed E-state index contributed by atoms with van der Waals surface area (Å²) < 4.78 is 15.7. The summed E-state index contributed by atoms with van der Waals surface area (Å²) in [5.41, 5.74) is 2.91. The van der Waals surface area contributed by atoms with Gasteiger partial charge in [0.25, 0.3) is 0 Å². The molecule has 0 bridgehead atoms. The van der Waals surface area contributed by atoms with Gasteiger partial charge >= 0.3 is 215 Å². The first kappa shape index (κ1) is 21.9. The SMILES string of the molecule is CN1N=C(c2ccccc2)N=P12N1C(c3ccccc3)=NN(C)P13(Cl)N(C)N=C(c1ccccc1)N23. The summed E-state index contributed by atoms with van der Waals surface area (Å²) in [7, 11) is 3.12. The van der Waals surface area contributed by atoms with Crippen LogP contribution in [-0.2, 0) is 0 Å². The minimum atomic E-state index is -3.76. The van der Waals surface area contributed by atoms with E-state index in [4.69, 9.17) is 31.3 Å². The van der Waals surface area contributed by atoms with Gasteiger partial charge in [-0.25, -0.2) is 0 Å². The van der Waals surface area contributed by atoms with Crippen LogP contribution in [0.5, 0.6) is 0 Å². The van der Waals surface area contributed by atoms with Gasteiger partial charge in [-0.15, -0.1) is 0 Å². The first-order chi connectivity index (χ1) is 17.4. The van der Waals surface area contributed by atoms with Crippen molar-refractivity contribution >= 4 is 42.8 Å². The fourth-order valence-electron chi connectivity index (χ4n) is 5.27. The third kappa shape index (κ3) is 2.32. The molecular formula is C24H24ClN9P2. The van der Waals surface area contributed by atoms with Crippen molar-refractivity contribution in [1.29, 1.82) is 0 Å². The zero-order chi connectivity index (χ0) is 24.7. The van der Waals surface area contributed by atoms with Gasteiger partial charge in [0.2, 0.25) is 0 Å². The molecule has 1 fully saturated rings. The molecular weight excluding hydrogens is 512 g/mol. The van der Waals surface area contributed by atoms with Crippen molar-refractivity contribution in [2.45, 2.75) is 0 Å². The van der Waals surface area contributed by atoms with E-state index in [9.17, 15) is 0 Å². The first-order valence-electron chi connectivity index (χ1n) is 11.5. The van der Waals surface area contributed by atoms with Crippen LogP contribution in [0.2, 0.25) is 0 Å². The second kappa shape index (κ2) is 7.10. The average molecular weight is 536 g/mol. The van der Waals surface area contributed by atoms with Crippen molar-refractivity contribution in [2.75, 3.05) is 21.1 Å². The predicted octanol–water partition coefficient (Wildman–Crippen LogP) is 5.84. The van der Waals surface area contributed by atoms with Gasteiger partial charge < -0.3 is 0 Å². The van der Waals surface area contributed by atoms with Gasteiger partial charge in [-0.3, -0.25) is 0 Å². The van der Waals surface area contributed by atoms with Crippen LogP contribution in [-0.4, -0.2) is 61.9 Å². The summed E-state index contributed by atoms with van der Waals surface area (Å²) in [6, 6.07) is 30.3. The number of amidine groups is 3. The molecule has 4 heterocycles. The van der Waals surface area contributed by atoms with Crippen LogP contribution in [0.15, 0.2) is 111 Å². The van der Waals surface area contributed by atoms with Crippen LogP contribution in [0, 0.1) is 0 Å². The molecule has 9 nitrogen and oxygen atoms in total. The normalized spacial score (nSPS) is 25.8. The average Bonchev–Trinajstić information content (AvgIpc) is 3.44. The third-order valence-electron chi connectivity index (χ3n) is 6.97. The maximum absolute atomic E-state index is 7.97. The number of nitrogens with zero attached hydrogens (tertiary/aromatic N) is 9. The fourth-order valence-corrected chi connectivity index (χ4v) is 18.9. The van der Waals surface area contributed by atoms with Gasteiger partial charge in [0.1, 0.15) is 0 Å². The summed E-state index contributed by atoms with van der Waals surface area (Å²) in [6.45, 7) is -3.76. The molecule has 182 valence electrons. The van der Waals surface area contributed by atoms with Gasteiger partial charge in [0.15, 0.2) is 0 Å². The van der Waals surface area contributed by atoms with E-state index in [-0.39, 0.29) is 0 Å². The quantitative estimate of drug-likeness (QED) is 0.394. The van der Waals surface area contributed by atoms with Crippen LogP contribution in [0.1, 0.15) is 16.7 Å². The van der Waals surface area contributed by atoms with Gasteiger partial charge in [0.05, 0.1) is 0 Å². The van der Waals surface area contributed by atoms with E-state index in [0.29, 0.717) is 5.84 Å². The van der Waals surface area contributed by atoms with Crippen molar-refractivity contribution in [3.05, 3.63) is 108 Å². The Morgan fingerprint density at radius 2 is 1.03 bits per heavy atom. The van der Waals surface area contributed by atoms with Crippen LogP contribution < -0.4 is 0 Å². The molecule has 0 N–H and O–H groups in total. The van der Waals surface area contributed by atoms with Gasteiger partial charge in [-0.1, -0.05) is 0 Å². The Morgan fingerprint density at radius 3 is 1.47 bits per heavy atom. The third-order valence-corrected chi connectivity index (χ3v) is 19.8. The second-order valence-electron chi connectivity index (χ2n) is 8.89. The molecule has 2 spiro atoms. The summed E-state index contributed by atoms with van der Waals surface area (Å²) in [5, 5.41) is 15.1. The standard InChI is InChI=1S/C24H24ClN9P2/c1-30-26-22(19-13-7-4-8-14-19)29-35(30)33-23(20-15-9-5-10-16-20)27-31(2)36(33,25)32(3)28-24(34(35)36)21-17-11-6-12-18-21/h4-18H,1-3H3. The molecule has 36 heavy (non-hydrogen) atoms. The molecule has 3 aromatic carbocycles.